The highest BCUT2D eigenvalue weighted by Gasteiger charge is 2.09. The van der Waals surface area contributed by atoms with Gasteiger partial charge in [-0.2, -0.15) is 0 Å². The highest BCUT2D eigenvalue weighted by atomic mass is 16.5. The predicted molar refractivity (Wildman–Crippen MR) is 81.7 cm³/mol. The zero-order valence-electron chi connectivity index (χ0n) is 12.1. The Morgan fingerprint density at radius 3 is 2.71 bits per heavy atom. The maximum atomic E-state index is 12.1. The number of ether oxygens (including phenoxy) is 1. The second kappa shape index (κ2) is 6.74. The molecular weight excluding hydrogens is 268 g/mol. The van der Waals surface area contributed by atoms with Gasteiger partial charge in [-0.3, -0.25) is 9.59 Å². The molecule has 0 atom stereocenters. The molecule has 0 aliphatic rings. The number of anilines is 1. The first kappa shape index (κ1) is 14.8. The van der Waals surface area contributed by atoms with Crippen molar-refractivity contribution >= 4 is 11.6 Å². The maximum absolute atomic E-state index is 12.1. The molecule has 5 nitrogen and oxygen atoms in total. The summed E-state index contributed by atoms with van der Waals surface area (Å²) >= 11 is 0. The van der Waals surface area contributed by atoms with Crippen molar-refractivity contribution in [1.82, 2.24) is 4.57 Å². The Balaban J connectivity index is 2.12. The molecule has 0 radical (unpaired) electrons. The summed E-state index contributed by atoms with van der Waals surface area (Å²) in [6.45, 7) is 4.09. The van der Waals surface area contributed by atoms with Crippen molar-refractivity contribution in [1.29, 1.82) is 0 Å². The monoisotopic (exact) mass is 286 g/mol. The summed E-state index contributed by atoms with van der Waals surface area (Å²) in [5.41, 5.74) is 1.41. The Morgan fingerprint density at radius 2 is 2.00 bits per heavy atom. The average Bonchev–Trinajstić information content (AvgIpc) is 2.46. The minimum Gasteiger partial charge on any atom is -0.488 e. The van der Waals surface area contributed by atoms with Crippen LogP contribution in [0, 0.1) is 6.92 Å². The van der Waals surface area contributed by atoms with E-state index in [1.807, 2.05) is 38.1 Å². The quantitative estimate of drug-likeness (QED) is 0.916. The van der Waals surface area contributed by atoms with Crippen LogP contribution in [0.1, 0.15) is 12.5 Å². The number of rotatable bonds is 5. The Kier molecular flexibility index (Phi) is 4.77. The number of para-hydroxylation sites is 1. The smallest absolute Gasteiger partial charge is 0.293 e. The number of hydrogen-bond donors (Lipinski definition) is 1. The van der Waals surface area contributed by atoms with Gasteiger partial charge in [0.15, 0.2) is 5.75 Å². The van der Waals surface area contributed by atoms with Crippen LogP contribution in [0.3, 0.4) is 0 Å². The molecule has 1 aromatic heterocycles. The van der Waals surface area contributed by atoms with Crippen LogP contribution in [-0.4, -0.2) is 17.1 Å². The zero-order valence-corrected chi connectivity index (χ0v) is 12.1. The number of amides is 1. The molecule has 0 fully saturated rings. The molecule has 1 aromatic carbocycles. The lowest BCUT2D eigenvalue weighted by Crippen LogP contribution is -2.28. The zero-order chi connectivity index (χ0) is 15.2. The van der Waals surface area contributed by atoms with Crippen molar-refractivity contribution in [2.75, 3.05) is 11.9 Å². The van der Waals surface area contributed by atoms with E-state index in [1.54, 1.807) is 18.3 Å². The Labute approximate surface area is 123 Å². The summed E-state index contributed by atoms with van der Waals surface area (Å²) in [6.07, 6.45) is 1.57. The molecule has 0 aliphatic heterocycles. The first-order chi connectivity index (χ1) is 10.1. The SMILES string of the molecule is CCOc1cccn(CC(=O)Nc2ccccc2C)c1=O. The van der Waals surface area contributed by atoms with Crippen LogP contribution in [-0.2, 0) is 11.3 Å². The van der Waals surface area contributed by atoms with Crippen molar-refractivity contribution < 1.29 is 9.53 Å². The van der Waals surface area contributed by atoms with Gasteiger partial charge in [-0.25, -0.2) is 0 Å². The molecule has 5 heteroatoms. The summed E-state index contributed by atoms with van der Waals surface area (Å²) in [4.78, 5) is 24.1. The number of carbonyl (C=O) groups is 1. The fourth-order valence-corrected chi connectivity index (χ4v) is 1.96. The van der Waals surface area contributed by atoms with Crippen molar-refractivity contribution in [3.63, 3.8) is 0 Å². The number of nitrogens with one attached hydrogen (secondary N) is 1. The van der Waals surface area contributed by atoms with Gasteiger partial charge in [0.1, 0.15) is 6.54 Å². The van der Waals surface area contributed by atoms with E-state index in [0.29, 0.717) is 6.61 Å². The molecule has 0 bridgehead atoms. The number of pyridine rings is 1. The van der Waals surface area contributed by atoms with E-state index in [2.05, 4.69) is 5.32 Å². The van der Waals surface area contributed by atoms with Gasteiger partial charge in [0.25, 0.3) is 5.56 Å². The average molecular weight is 286 g/mol. The Bertz CT molecular complexity index is 692. The standard InChI is InChI=1S/C16H18N2O3/c1-3-21-14-9-6-10-18(16(14)20)11-15(19)17-13-8-5-4-7-12(13)2/h4-10H,3,11H2,1-2H3,(H,17,19). The molecule has 1 amide bonds. The summed E-state index contributed by atoms with van der Waals surface area (Å²) in [6, 6.07) is 10.8. The minimum absolute atomic E-state index is 0.0475. The molecule has 0 aliphatic carbocycles. The second-order valence-corrected chi connectivity index (χ2v) is 4.60. The second-order valence-electron chi connectivity index (χ2n) is 4.60. The van der Waals surface area contributed by atoms with Gasteiger partial charge >= 0.3 is 0 Å². The third-order valence-corrected chi connectivity index (χ3v) is 3.02. The summed E-state index contributed by atoms with van der Waals surface area (Å²) in [5, 5.41) is 2.80. The number of carbonyl (C=O) groups excluding carboxylic acids is 1. The fraction of sp³-hybridized carbons (Fsp3) is 0.250. The van der Waals surface area contributed by atoms with Crippen molar-refractivity contribution in [2.45, 2.75) is 20.4 Å². The molecule has 0 unspecified atom stereocenters. The third-order valence-electron chi connectivity index (χ3n) is 3.02. The van der Waals surface area contributed by atoms with E-state index in [9.17, 15) is 9.59 Å². The van der Waals surface area contributed by atoms with Crippen LogP contribution in [0.2, 0.25) is 0 Å². The third kappa shape index (κ3) is 3.72. The van der Waals surface area contributed by atoms with Crippen molar-refractivity contribution in [3.8, 4) is 5.75 Å². The first-order valence-electron chi connectivity index (χ1n) is 6.79. The minimum atomic E-state index is -0.306. The molecule has 1 N–H and O–H groups in total. The molecular formula is C16H18N2O3. The van der Waals surface area contributed by atoms with E-state index in [1.165, 1.54) is 4.57 Å². The van der Waals surface area contributed by atoms with Crippen LogP contribution in [0.15, 0.2) is 47.4 Å². The van der Waals surface area contributed by atoms with E-state index >= 15 is 0 Å². The number of aryl methyl sites for hydroxylation is 1. The lowest BCUT2D eigenvalue weighted by molar-refractivity contribution is -0.116. The molecule has 0 saturated carbocycles. The molecule has 2 rings (SSSR count). The molecule has 0 spiro atoms. The van der Waals surface area contributed by atoms with Crippen LogP contribution < -0.4 is 15.6 Å². The predicted octanol–water partition coefficient (Wildman–Crippen LogP) is 2.19. The van der Waals surface area contributed by atoms with E-state index < -0.39 is 0 Å². The first-order valence-corrected chi connectivity index (χ1v) is 6.79. The van der Waals surface area contributed by atoms with Crippen LogP contribution >= 0.6 is 0 Å². The highest BCUT2D eigenvalue weighted by Crippen LogP contribution is 2.13. The maximum Gasteiger partial charge on any atom is 0.293 e. The van der Waals surface area contributed by atoms with Crippen LogP contribution in [0.25, 0.3) is 0 Å². The summed E-state index contributed by atoms with van der Waals surface area (Å²) < 4.78 is 6.56. The Morgan fingerprint density at radius 1 is 1.24 bits per heavy atom. The van der Waals surface area contributed by atoms with Crippen molar-refractivity contribution in [3.05, 3.63) is 58.5 Å². The molecule has 2 aromatic rings. The van der Waals surface area contributed by atoms with Crippen molar-refractivity contribution in [2.24, 2.45) is 0 Å². The van der Waals surface area contributed by atoms with Crippen LogP contribution in [0.4, 0.5) is 5.69 Å². The molecule has 110 valence electrons. The molecule has 1 heterocycles. The normalized spacial score (nSPS) is 10.2. The number of hydrogen-bond acceptors (Lipinski definition) is 3. The Hall–Kier alpha value is -2.56. The van der Waals surface area contributed by atoms with E-state index in [4.69, 9.17) is 4.74 Å². The fourth-order valence-electron chi connectivity index (χ4n) is 1.96. The highest BCUT2D eigenvalue weighted by molar-refractivity contribution is 5.91. The van der Waals surface area contributed by atoms with Crippen LogP contribution in [0.5, 0.6) is 5.75 Å². The van der Waals surface area contributed by atoms with Gasteiger partial charge in [0, 0.05) is 11.9 Å². The molecule has 0 saturated heterocycles. The lowest BCUT2D eigenvalue weighted by Gasteiger charge is -2.10. The topological polar surface area (TPSA) is 60.3 Å². The van der Waals surface area contributed by atoms with Gasteiger partial charge in [-0.15, -0.1) is 0 Å². The number of nitrogens with zero attached hydrogens (tertiary/aromatic N) is 1. The van der Waals surface area contributed by atoms with E-state index in [-0.39, 0.29) is 23.8 Å². The summed E-state index contributed by atoms with van der Waals surface area (Å²) in [5.74, 6) is 0.00346. The largest absolute Gasteiger partial charge is 0.488 e. The van der Waals surface area contributed by atoms with Gasteiger partial charge in [0.2, 0.25) is 5.91 Å². The van der Waals surface area contributed by atoms with Gasteiger partial charge in [-0.05, 0) is 37.6 Å². The molecule has 21 heavy (non-hydrogen) atoms. The van der Waals surface area contributed by atoms with Gasteiger partial charge < -0.3 is 14.6 Å². The van der Waals surface area contributed by atoms with E-state index in [0.717, 1.165) is 11.3 Å². The summed E-state index contributed by atoms with van der Waals surface area (Å²) in [7, 11) is 0. The number of benzene rings is 1. The van der Waals surface area contributed by atoms with Gasteiger partial charge in [0.05, 0.1) is 6.61 Å². The lowest BCUT2D eigenvalue weighted by atomic mass is 10.2. The van der Waals surface area contributed by atoms with Gasteiger partial charge in [-0.1, -0.05) is 18.2 Å². The number of aromatic nitrogens is 1.